The summed E-state index contributed by atoms with van der Waals surface area (Å²) in [5.41, 5.74) is 1.78. The number of hydrogen-bond donors (Lipinski definition) is 2. The van der Waals surface area contributed by atoms with Gasteiger partial charge in [0.1, 0.15) is 0 Å². The van der Waals surface area contributed by atoms with Crippen molar-refractivity contribution >= 4 is 11.7 Å². The molecule has 0 saturated heterocycles. The molecule has 0 aromatic heterocycles. The monoisotopic (exact) mass is 301 g/mol. The second-order valence-corrected chi connectivity index (χ2v) is 5.53. The smallest absolute Gasteiger partial charge is 0.382 e. The van der Waals surface area contributed by atoms with Crippen molar-refractivity contribution in [2.45, 2.75) is 58.3 Å². The predicted molar refractivity (Wildman–Crippen MR) is 92.1 cm³/mol. The van der Waals surface area contributed by atoms with E-state index < -0.39 is 5.97 Å². The summed E-state index contributed by atoms with van der Waals surface area (Å²) in [6, 6.07) is 7.56. The van der Waals surface area contributed by atoms with Gasteiger partial charge in [-0.05, 0) is 30.7 Å². The van der Waals surface area contributed by atoms with Crippen LogP contribution in [-0.2, 0) is 4.79 Å². The highest BCUT2D eigenvalue weighted by Gasteiger charge is 1.94. The Labute approximate surface area is 134 Å². The molecule has 0 amide bonds. The second-order valence-electron chi connectivity index (χ2n) is 5.53. The fraction of sp³-hybridized carbons (Fsp3) is 0.526. The van der Waals surface area contributed by atoms with Crippen molar-refractivity contribution < 1.29 is 9.90 Å². The summed E-state index contributed by atoms with van der Waals surface area (Å²) in [6.45, 7) is 3.23. The molecule has 1 rings (SSSR count). The molecule has 3 nitrogen and oxygen atoms in total. The van der Waals surface area contributed by atoms with Gasteiger partial charge in [-0.15, -0.1) is 0 Å². The molecule has 0 heterocycles. The van der Waals surface area contributed by atoms with E-state index in [2.05, 4.69) is 24.1 Å². The molecule has 0 radical (unpaired) electrons. The molecular weight excluding hydrogens is 274 g/mol. The van der Waals surface area contributed by atoms with Gasteiger partial charge >= 0.3 is 5.97 Å². The molecule has 1 aromatic rings. The van der Waals surface area contributed by atoms with Gasteiger partial charge in [0.25, 0.3) is 0 Å². The predicted octanol–water partition coefficient (Wildman–Crippen LogP) is 4.68. The third-order valence-corrected chi connectivity index (χ3v) is 3.56. The maximum atomic E-state index is 10.4. The molecule has 0 saturated carbocycles. The topological polar surface area (TPSA) is 49.3 Å². The van der Waals surface area contributed by atoms with E-state index in [1.807, 2.05) is 24.3 Å². The molecule has 2 N–H and O–H groups in total. The highest BCUT2D eigenvalue weighted by molar-refractivity contribution is 5.87. The quantitative estimate of drug-likeness (QED) is 0.487. The van der Waals surface area contributed by atoms with Crippen molar-refractivity contribution in [2.75, 3.05) is 11.9 Å². The van der Waals surface area contributed by atoms with Crippen LogP contribution in [0.2, 0.25) is 0 Å². The number of hydrogen-bond acceptors (Lipinski definition) is 2. The van der Waals surface area contributed by atoms with Crippen molar-refractivity contribution in [3.8, 4) is 11.8 Å². The highest BCUT2D eigenvalue weighted by Crippen LogP contribution is 2.11. The number of carbonyl (C=O) groups is 1. The van der Waals surface area contributed by atoms with Gasteiger partial charge < -0.3 is 10.4 Å². The largest absolute Gasteiger partial charge is 0.472 e. The normalized spacial score (nSPS) is 9.86. The van der Waals surface area contributed by atoms with Crippen LogP contribution in [0.15, 0.2) is 24.3 Å². The van der Waals surface area contributed by atoms with Crippen LogP contribution in [-0.4, -0.2) is 17.6 Å². The zero-order chi connectivity index (χ0) is 16.0. The van der Waals surface area contributed by atoms with E-state index in [1.165, 1.54) is 51.4 Å². The van der Waals surface area contributed by atoms with E-state index in [0.717, 1.165) is 17.8 Å². The first-order valence-electron chi connectivity index (χ1n) is 8.31. The van der Waals surface area contributed by atoms with Crippen LogP contribution in [0, 0.1) is 11.8 Å². The van der Waals surface area contributed by atoms with Crippen LogP contribution in [0.1, 0.15) is 63.9 Å². The molecule has 0 aliphatic rings. The van der Waals surface area contributed by atoms with Gasteiger partial charge in [0, 0.05) is 23.7 Å². The van der Waals surface area contributed by atoms with Gasteiger partial charge in [0.2, 0.25) is 0 Å². The van der Waals surface area contributed by atoms with Gasteiger partial charge in [0.15, 0.2) is 0 Å². The lowest BCUT2D eigenvalue weighted by Gasteiger charge is -2.06. The molecule has 0 aliphatic heterocycles. The van der Waals surface area contributed by atoms with Crippen molar-refractivity contribution in [2.24, 2.45) is 0 Å². The molecular formula is C19H27NO2. The maximum absolute atomic E-state index is 10.4. The number of benzene rings is 1. The Morgan fingerprint density at radius 1 is 1.00 bits per heavy atom. The lowest BCUT2D eigenvalue weighted by atomic mass is 10.1. The Bertz CT molecular complexity index is 482. The fourth-order valence-corrected chi connectivity index (χ4v) is 2.29. The van der Waals surface area contributed by atoms with E-state index in [-0.39, 0.29) is 0 Å². The summed E-state index contributed by atoms with van der Waals surface area (Å²) in [6.07, 6.45) is 10.6. The van der Waals surface area contributed by atoms with Gasteiger partial charge in [-0.25, -0.2) is 4.79 Å². The molecule has 22 heavy (non-hydrogen) atoms. The average molecular weight is 301 g/mol. The van der Waals surface area contributed by atoms with Crippen LogP contribution in [0.4, 0.5) is 5.69 Å². The number of nitrogens with one attached hydrogen (secondary N) is 1. The zero-order valence-electron chi connectivity index (χ0n) is 13.5. The number of unbranched alkanes of at least 4 members (excludes halogenated alkanes) is 7. The molecule has 0 unspecified atom stereocenters. The van der Waals surface area contributed by atoms with Gasteiger partial charge in [-0.1, -0.05) is 57.8 Å². The summed E-state index contributed by atoms with van der Waals surface area (Å²) < 4.78 is 0. The molecule has 3 heteroatoms. The van der Waals surface area contributed by atoms with E-state index in [0.29, 0.717) is 0 Å². The second kappa shape index (κ2) is 11.7. The Hall–Kier alpha value is -1.95. The van der Waals surface area contributed by atoms with Gasteiger partial charge in [0.05, 0.1) is 0 Å². The summed E-state index contributed by atoms with van der Waals surface area (Å²) in [4.78, 5) is 10.4. The Morgan fingerprint density at radius 3 is 2.18 bits per heavy atom. The van der Waals surface area contributed by atoms with E-state index in [4.69, 9.17) is 5.11 Å². The van der Waals surface area contributed by atoms with Crippen LogP contribution >= 0.6 is 0 Å². The molecule has 0 spiro atoms. The minimum Gasteiger partial charge on any atom is -0.472 e. The minimum absolute atomic E-state index is 0.722. The first kappa shape index (κ1) is 18.1. The zero-order valence-corrected chi connectivity index (χ0v) is 13.5. The fourth-order valence-electron chi connectivity index (χ4n) is 2.29. The van der Waals surface area contributed by atoms with Crippen molar-refractivity contribution in [3.05, 3.63) is 29.8 Å². The van der Waals surface area contributed by atoms with Crippen molar-refractivity contribution in [1.82, 2.24) is 0 Å². The van der Waals surface area contributed by atoms with Crippen molar-refractivity contribution in [1.29, 1.82) is 0 Å². The van der Waals surface area contributed by atoms with Crippen LogP contribution in [0.3, 0.4) is 0 Å². The van der Waals surface area contributed by atoms with E-state index in [9.17, 15) is 4.79 Å². The first-order chi connectivity index (χ1) is 10.7. The Balaban J connectivity index is 2.10. The molecule has 1 aromatic carbocycles. The molecule has 0 fully saturated rings. The molecule has 0 bridgehead atoms. The maximum Gasteiger partial charge on any atom is 0.382 e. The number of anilines is 1. The van der Waals surface area contributed by atoms with Crippen LogP contribution in [0.5, 0.6) is 0 Å². The van der Waals surface area contributed by atoms with Gasteiger partial charge in [-0.3, -0.25) is 0 Å². The van der Waals surface area contributed by atoms with E-state index >= 15 is 0 Å². The summed E-state index contributed by atoms with van der Waals surface area (Å²) >= 11 is 0. The van der Waals surface area contributed by atoms with Crippen molar-refractivity contribution in [3.63, 3.8) is 0 Å². The van der Waals surface area contributed by atoms with Crippen LogP contribution in [0.25, 0.3) is 0 Å². The molecule has 120 valence electrons. The number of carboxylic acid groups (broad SMARTS) is 1. The van der Waals surface area contributed by atoms with Gasteiger partial charge in [-0.2, -0.15) is 0 Å². The summed E-state index contributed by atoms with van der Waals surface area (Å²) in [7, 11) is 0. The number of rotatable bonds is 10. The summed E-state index contributed by atoms with van der Waals surface area (Å²) in [5, 5.41) is 11.9. The third kappa shape index (κ3) is 9.07. The molecule has 0 aliphatic carbocycles. The first-order valence-corrected chi connectivity index (χ1v) is 8.31. The number of aliphatic carboxylic acids is 1. The highest BCUT2D eigenvalue weighted by atomic mass is 16.4. The number of carboxylic acids is 1. The Kier molecular flexibility index (Phi) is 9.61. The third-order valence-electron chi connectivity index (χ3n) is 3.56. The Morgan fingerprint density at radius 2 is 1.59 bits per heavy atom. The standard InChI is InChI=1S/C19H27NO2/c1-2-3-4-5-6-7-8-9-16-20-18-13-10-17(11-14-18)12-15-19(21)22/h10-11,13-14,20H,2-9,16H2,1H3,(H,21,22). The minimum atomic E-state index is -1.10. The SMILES string of the molecule is CCCCCCCCCCNc1ccc(C#CC(=O)O)cc1. The summed E-state index contributed by atoms with van der Waals surface area (Å²) in [5.74, 6) is 3.61. The van der Waals surface area contributed by atoms with Crippen LogP contribution < -0.4 is 5.32 Å². The lowest BCUT2D eigenvalue weighted by Crippen LogP contribution is -2.01. The average Bonchev–Trinajstić information content (AvgIpc) is 2.52. The molecule has 0 atom stereocenters. The lowest BCUT2D eigenvalue weighted by molar-refractivity contribution is -0.130. The van der Waals surface area contributed by atoms with E-state index in [1.54, 1.807) is 0 Å².